The highest BCUT2D eigenvalue weighted by molar-refractivity contribution is 7.85. The Balaban J connectivity index is 3.54. The van der Waals surface area contributed by atoms with E-state index >= 15 is 0 Å². The number of carboxylic acid groups (broad SMARTS) is 1. The molecule has 0 aliphatic heterocycles. The highest BCUT2D eigenvalue weighted by Crippen LogP contribution is 2.27. The van der Waals surface area contributed by atoms with Gasteiger partial charge in [0.25, 0.3) is 10.1 Å². The number of amides is 1. The van der Waals surface area contributed by atoms with E-state index in [2.05, 4.69) is 0 Å². The summed E-state index contributed by atoms with van der Waals surface area (Å²) in [5.74, 6) is -4.79. The van der Waals surface area contributed by atoms with E-state index in [9.17, 15) is 27.9 Å². The minimum absolute atomic E-state index is 0.0569. The van der Waals surface area contributed by atoms with Crippen LogP contribution >= 0.6 is 0 Å². The van der Waals surface area contributed by atoms with E-state index < -0.39 is 45.5 Å². The Morgan fingerprint density at radius 3 is 2.12 bits per heavy atom. The van der Waals surface area contributed by atoms with E-state index in [1.807, 2.05) is 0 Å². The largest absolute Gasteiger partial charge is 0.479 e. The third-order valence-corrected chi connectivity index (χ3v) is 4.02. The molecule has 0 fully saturated rings. The van der Waals surface area contributed by atoms with Gasteiger partial charge in [-0.25, -0.2) is 4.79 Å². The molecule has 0 radical (unpaired) electrons. The minimum Gasteiger partial charge on any atom is -0.479 e. The third kappa shape index (κ3) is 4.16. The Morgan fingerprint density at radius 1 is 1.21 bits per heavy atom. The van der Waals surface area contributed by atoms with E-state index in [4.69, 9.17) is 9.39 Å². The molecule has 0 saturated carbocycles. The summed E-state index contributed by atoms with van der Waals surface area (Å²) < 4.78 is 31.0. The van der Waals surface area contributed by atoms with Gasteiger partial charge < -0.3 is 5.11 Å². The molecule has 132 valence electrons. The molecular formula is C14H17NO8S. The van der Waals surface area contributed by atoms with Gasteiger partial charge in [-0.1, -0.05) is 30.3 Å². The zero-order valence-electron chi connectivity index (χ0n) is 13.0. The number of hydrogen-bond donors (Lipinski definition) is 2. The van der Waals surface area contributed by atoms with Crippen molar-refractivity contribution in [1.82, 2.24) is 5.06 Å². The van der Waals surface area contributed by atoms with Crippen LogP contribution in [-0.2, 0) is 24.5 Å². The molecule has 0 heterocycles. The number of carbonyl (C=O) groups is 3. The molecule has 0 aliphatic carbocycles. The predicted octanol–water partition coefficient (Wildman–Crippen LogP) is 0.381. The number of benzene rings is 1. The van der Waals surface area contributed by atoms with Crippen LogP contribution in [0.5, 0.6) is 0 Å². The van der Waals surface area contributed by atoms with Crippen LogP contribution in [0.3, 0.4) is 0 Å². The Labute approximate surface area is 138 Å². The molecule has 1 atom stereocenters. The molecule has 0 bridgehead atoms. The Bertz CT molecular complexity index is 730. The zero-order valence-corrected chi connectivity index (χ0v) is 13.8. The number of nitrogens with zero attached hydrogens (tertiary/aromatic N) is 1. The average molecular weight is 359 g/mol. The minimum atomic E-state index is -4.58. The zero-order chi connectivity index (χ0) is 18.5. The van der Waals surface area contributed by atoms with Crippen molar-refractivity contribution in [3.8, 4) is 0 Å². The Kier molecular flexibility index (Phi) is 6.18. The number of Topliss-reactive ketones (excluding diaryl/α,β-unsaturated/α-hetero) is 1. The van der Waals surface area contributed by atoms with Crippen LogP contribution < -0.4 is 0 Å². The molecule has 24 heavy (non-hydrogen) atoms. The van der Waals surface area contributed by atoms with Gasteiger partial charge in [-0.2, -0.15) is 13.5 Å². The third-order valence-electron chi connectivity index (χ3n) is 3.30. The van der Waals surface area contributed by atoms with Crippen LogP contribution in [-0.4, -0.2) is 59.2 Å². The number of carbonyl (C=O) groups excluding carboxylic acids is 2. The maximum absolute atomic E-state index is 12.8. The van der Waals surface area contributed by atoms with Crippen molar-refractivity contribution < 1.29 is 37.3 Å². The molecule has 1 rings (SSSR count). The number of aliphatic carboxylic acids is 1. The molecule has 0 aliphatic rings. The Morgan fingerprint density at radius 2 is 1.75 bits per heavy atom. The molecule has 0 aromatic heterocycles. The Hall–Kier alpha value is -2.30. The maximum Gasteiger partial charge on any atom is 0.340 e. The van der Waals surface area contributed by atoms with Gasteiger partial charge in [0, 0.05) is 18.9 Å². The first-order valence-electron chi connectivity index (χ1n) is 6.69. The van der Waals surface area contributed by atoms with Gasteiger partial charge in [-0.15, -0.1) is 0 Å². The highest BCUT2D eigenvalue weighted by Gasteiger charge is 2.54. The van der Waals surface area contributed by atoms with Gasteiger partial charge in [0.15, 0.2) is 0 Å². The number of rotatable bonds is 8. The van der Waals surface area contributed by atoms with Gasteiger partial charge in [-0.3, -0.25) is 19.0 Å². The van der Waals surface area contributed by atoms with Gasteiger partial charge >= 0.3 is 5.97 Å². The standard InChI is InChI=1S/C14H17NO8S/c1-10(16)15(23-2)14(13(18)19,8-9-24(20,21)22)12(17)11-6-4-3-5-7-11/h3-7H,8-9H2,1-2H3,(H,18,19)(H,20,21,22)/t14-/m1/s1. The number of hydroxylamine groups is 2. The van der Waals surface area contributed by atoms with Crippen molar-refractivity contribution in [3.63, 3.8) is 0 Å². The molecule has 0 unspecified atom stereocenters. The molecule has 9 nitrogen and oxygen atoms in total. The number of ketones is 1. The summed E-state index contributed by atoms with van der Waals surface area (Å²) in [5.41, 5.74) is -2.70. The predicted molar refractivity (Wildman–Crippen MR) is 81.7 cm³/mol. The first-order chi connectivity index (χ1) is 11.1. The fourth-order valence-electron chi connectivity index (χ4n) is 2.26. The lowest BCUT2D eigenvalue weighted by Crippen LogP contribution is -2.62. The molecule has 0 spiro atoms. The van der Waals surface area contributed by atoms with Gasteiger partial charge in [0.05, 0.1) is 12.9 Å². The summed E-state index contributed by atoms with van der Waals surface area (Å²) in [6.45, 7) is 0.965. The SMILES string of the molecule is CON(C(C)=O)[C@@](CCS(=O)(=O)O)(C(=O)O)C(=O)c1ccccc1. The van der Waals surface area contributed by atoms with Crippen LogP contribution in [0, 0.1) is 0 Å². The summed E-state index contributed by atoms with van der Waals surface area (Å²) in [7, 11) is -3.61. The van der Waals surface area contributed by atoms with Crippen LogP contribution in [0.25, 0.3) is 0 Å². The van der Waals surface area contributed by atoms with E-state index in [1.165, 1.54) is 24.3 Å². The van der Waals surface area contributed by atoms with Crippen molar-refractivity contribution in [1.29, 1.82) is 0 Å². The van der Waals surface area contributed by atoms with E-state index in [0.29, 0.717) is 5.06 Å². The first-order valence-corrected chi connectivity index (χ1v) is 8.30. The fraction of sp³-hybridized carbons (Fsp3) is 0.357. The van der Waals surface area contributed by atoms with Crippen molar-refractivity contribution in [2.75, 3.05) is 12.9 Å². The molecular weight excluding hydrogens is 342 g/mol. The second kappa shape index (κ2) is 7.51. The van der Waals surface area contributed by atoms with Crippen LogP contribution in [0.15, 0.2) is 30.3 Å². The lowest BCUT2D eigenvalue weighted by atomic mass is 9.86. The number of carboxylic acids is 1. The summed E-state index contributed by atoms with van der Waals surface area (Å²) in [6.07, 6.45) is -0.887. The topological polar surface area (TPSA) is 138 Å². The smallest absolute Gasteiger partial charge is 0.340 e. The quantitative estimate of drug-likeness (QED) is 0.294. The average Bonchev–Trinajstić information content (AvgIpc) is 2.50. The normalized spacial score (nSPS) is 13.8. The maximum atomic E-state index is 12.8. The lowest BCUT2D eigenvalue weighted by Gasteiger charge is -2.36. The summed E-state index contributed by atoms with van der Waals surface area (Å²) in [4.78, 5) is 41.2. The second-order valence-electron chi connectivity index (χ2n) is 4.89. The molecule has 1 aromatic carbocycles. The fourth-order valence-corrected chi connectivity index (χ4v) is 2.81. The lowest BCUT2D eigenvalue weighted by molar-refractivity contribution is -0.207. The van der Waals surface area contributed by atoms with Crippen LogP contribution in [0.2, 0.25) is 0 Å². The van der Waals surface area contributed by atoms with Crippen LogP contribution in [0.1, 0.15) is 23.7 Å². The van der Waals surface area contributed by atoms with E-state index in [0.717, 1.165) is 14.0 Å². The number of hydrogen-bond acceptors (Lipinski definition) is 6. The molecule has 0 saturated heterocycles. The van der Waals surface area contributed by atoms with Gasteiger partial charge in [0.2, 0.25) is 17.2 Å². The van der Waals surface area contributed by atoms with Crippen molar-refractivity contribution >= 4 is 27.8 Å². The van der Waals surface area contributed by atoms with E-state index in [1.54, 1.807) is 6.07 Å². The summed E-state index contributed by atoms with van der Waals surface area (Å²) in [5, 5.41) is 9.93. The molecule has 1 aromatic rings. The van der Waals surface area contributed by atoms with Crippen molar-refractivity contribution in [2.45, 2.75) is 18.9 Å². The van der Waals surface area contributed by atoms with Gasteiger partial charge in [0.1, 0.15) is 0 Å². The van der Waals surface area contributed by atoms with Gasteiger partial charge in [-0.05, 0) is 0 Å². The molecule has 10 heteroatoms. The van der Waals surface area contributed by atoms with Crippen LogP contribution in [0.4, 0.5) is 0 Å². The summed E-state index contributed by atoms with van der Waals surface area (Å²) in [6, 6.07) is 7.19. The van der Waals surface area contributed by atoms with Crippen molar-refractivity contribution in [2.24, 2.45) is 0 Å². The molecule has 2 N–H and O–H groups in total. The van der Waals surface area contributed by atoms with Crippen molar-refractivity contribution in [3.05, 3.63) is 35.9 Å². The first kappa shape index (κ1) is 19.7. The monoisotopic (exact) mass is 359 g/mol. The van der Waals surface area contributed by atoms with E-state index in [-0.39, 0.29) is 5.56 Å². The highest BCUT2D eigenvalue weighted by atomic mass is 32.2. The summed E-state index contributed by atoms with van der Waals surface area (Å²) >= 11 is 0. The second-order valence-corrected chi connectivity index (χ2v) is 6.46. The molecule has 1 amide bonds.